The van der Waals surface area contributed by atoms with E-state index in [4.69, 9.17) is 0 Å². The first kappa shape index (κ1) is 13.6. The topological polar surface area (TPSA) is 52.6 Å². The average Bonchev–Trinajstić information content (AvgIpc) is 3.03. The maximum Gasteiger partial charge on any atom is 0.237 e. The molecule has 0 radical (unpaired) electrons. The van der Waals surface area contributed by atoms with Crippen molar-refractivity contribution in [3.8, 4) is 0 Å². The van der Waals surface area contributed by atoms with Gasteiger partial charge in [0.15, 0.2) is 0 Å². The predicted octanol–water partition coefficient (Wildman–Crippen LogP) is 1.42. The summed E-state index contributed by atoms with van der Waals surface area (Å²) in [6.45, 7) is 1.14. The number of likely N-dealkylation sites (tertiary alicyclic amines) is 1. The molecule has 4 heteroatoms. The maximum atomic E-state index is 12.4. The molecule has 3 atom stereocenters. The molecule has 2 aliphatic rings. The van der Waals surface area contributed by atoms with E-state index in [0.29, 0.717) is 0 Å². The molecular formula is C16H22N2O2. The Hall–Kier alpha value is -1.39. The van der Waals surface area contributed by atoms with Crippen LogP contribution >= 0.6 is 0 Å². The highest BCUT2D eigenvalue weighted by molar-refractivity contribution is 5.82. The fourth-order valence-corrected chi connectivity index (χ4v) is 3.56. The first-order valence-corrected chi connectivity index (χ1v) is 7.41. The van der Waals surface area contributed by atoms with E-state index >= 15 is 0 Å². The van der Waals surface area contributed by atoms with Crippen LogP contribution in [0.1, 0.15) is 42.3 Å². The summed E-state index contributed by atoms with van der Waals surface area (Å²) in [6.07, 6.45) is 2.84. The van der Waals surface area contributed by atoms with E-state index in [1.165, 1.54) is 11.1 Å². The molecule has 1 amide bonds. The van der Waals surface area contributed by atoms with E-state index in [-0.39, 0.29) is 30.5 Å². The van der Waals surface area contributed by atoms with Gasteiger partial charge in [-0.3, -0.25) is 9.69 Å². The number of fused-ring (bicyclic) bond motifs is 1. The van der Waals surface area contributed by atoms with E-state index in [1.54, 1.807) is 0 Å². The van der Waals surface area contributed by atoms with Crippen LogP contribution in [0.3, 0.4) is 0 Å². The number of rotatable bonds is 3. The third-order valence-corrected chi connectivity index (χ3v) is 4.69. The summed E-state index contributed by atoms with van der Waals surface area (Å²) in [4.78, 5) is 14.5. The molecule has 1 aromatic rings. The third kappa shape index (κ3) is 2.34. The normalized spacial score (nSPS) is 29.4. The molecule has 1 aliphatic carbocycles. The minimum absolute atomic E-state index is 0.00957. The highest BCUT2D eigenvalue weighted by Gasteiger charge is 2.34. The number of likely N-dealkylation sites (N-methyl/N-ethyl adjacent to an activating group) is 1. The standard InChI is InChI=1S/C16H22N2O2/c1-18-8-4-7-15(18)16(20)17-14-9-11(10-19)12-5-2-3-6-13(12)14/h2-3,5-6,11,14-15,19H,4,7-10H2,1H3,(H,17,20)/t11-,14-,15+/m0/s1. The van der Waals surface area contributed by atoms with E-state index in [0.717, 1.165) is 25.8 Å². The van der Waals surface area contributed by atoms with Crippen molar-refractivity contribution < 1.29 is 9.90 Å². The van der Waals surface area contributed by atoms with Crippen molar-refractivity contribution in [3.63, 3.8) is 0 Å². The minimum atomic E-state index is 0.00957. The first-order valence-electron chi connectivity index (χ1n) is 7.41. The van der Waals surface area contributed by atoms with Crippen LogP contribution in [0.4, 0.5) is 0 Å². The van der Waals surface area contributed by atoms with Gasteiger partial charge in [0.2, 0.25) is 5.91 Å². The number of hydrogen-bond acceptors (Lipinski definition) is 3. The second-order valence-corrected chi connectivity index (χ2v) is 5.94. The lowest BCUT2D eigenvalue weighted by atomic mass is 10.0. The average molecular weight is 274 g/mol. The lowest BCUT2D eigenvalue weighted by molar-refractivity contribution is -0.125. The summed E-state index contributed by atoms with van der Waals surface area (Å²) in [6, 6.07) is 8.18. The molecule has 0 bridgehead atoms. The van der Waals surface area contributed by atoms with Gasteiger partial charge in [0.25, 0.3) is 0 Å². The van der Waals surface area contributed by atoms with Gasteiger partial charge in [0.1, 0.15) is 0 Å². The van der Waals surface area contributed by atoms with Crippen LogP contribution in [0.15, 0.2) is 24.3 Å². The molecule has 1 fully saturated rings. The van der Waals surface area contributed by atoms with Crippen LogP contribution in [-0.4, -0.2) is 42.2 Å². The molecule has 1 saturated heterocycles. The maximum absolute atomic E-state index is 12.4. The highest BCUT2D eigenvalue weighted by Crippen LogP contribution is 2.39. The molecule has 2 N–H and O–H groups in total. The Morgan fingerprint density at radius 3 is 2.80 bits per heavy atom. The number of carbonyl (C=O) groups excluding carboxylic acids is 1. The SMILES string of the molecule is CN1CCC[C@@H]1C(=O)N[C@H]1C[C@@H](CO)c2ccccc21. The number of carbonyl (C=O) groups is 1. The molecule has 108 valence electrons. The number of hydrogen-bond donors (Lipinski definition) is 2. The summed E-state index contributed by atoms with van der Waals surface area (Å²) in [7, 11) is 2.01. The monoisotopic (exact) mass is 274 g/mol. The number of amides is 1. The largest absolute Gasteiger partial charge is 0.396 e. The molecule has 1 aromatic carbocycles. The Balaban J connectivity index is 1.74. The lowest BCUT2D eigenvalue weighted by Gasteiger charge is -2.22. The molecular weight excluding hydrogens is 252 g/mol. The van der Waals surface area contributed by atoms with Gasteiger partial charge < -0.3 is 10.4 Å². The number of aliphatic hydroxyl groups is 1. The van der Waals surface area contributed by atoms with Crippen LogP contribution in [0.2, 0.25) is 0 Å². The zero-order valence-electron chi connectivity index (χ0n) is 11.9. The molecule has 1 heterocycles. The third-order valence-electron chi connectivity index (χ3n) is 4.69. The quantitative estimate of drug-likeness (QED) is 0.876. The lowest BCUT2D eigenvalue weighted by Crippen LogP contribution is -2.42. The van der Waals surface area contributed by atoms with Gasteiger partial charge in [-0.25, -0.2) is 0 Å². The number of nitrogens with one attached hydrogen (secondary N) is 1. The van der Waals surface area contributed by atoms with Crippen molar-refractivity contribution in [3.05, 3.63) is 35.4 Å². The van der Waals surface area contributed by atoms with Gasteiger partial charge >= 0.3 is 0 Å². The van der Waals surface area contributed by atoms with Crippen LogP contribution in [0.25, 0.3) is 0 Å². The zero-order chi connectivity index (χ0) is 14.1. The molecule has 0 unspecified atom stereocenters. The van der Waals surface area contributed by atoms with Crippen LogP contribution in [-0.2, 0) is 4.79 Å². The number of aliphatic hydroxyl groups excluding tert-OH is 1. The Morgan fingerprint density at radius 2 is 2.15 bits per heavy atom. The van der Waals surface area contributed by atoms with Crippen molar-refractivity contribution in [1.29, 1.82) is 0 Å². The van der Waals surface area contributed by atoms with Crippen molar-refractivity contribution in [2.45, 2.75) is 37.3 Å². The van der Waals surface area contributed by atoms with E-state index < -0.39 is 0 Å². The molecule has 0 saturated carbocycles. The molecule has 0 aromatic heterocycles. The smallest absolute Gasteiger partial charge is 0.237 e. The summed E-state index contributed by atoms with van der Waals surface area (Å²) >= 11 is 0. The molecule has 1 aliphatic heterocycles. The Morgan fingerprint density at radius 1 is 1.40 bits per heavy atom. The predicted molar refractivity (Wildman–Crippen MR) is 77.4 cm³/mol. The summed E-state index contributed by atoms with van der Waals surface area (Å²) in [5.74, 6) is 0.279. The van der Waals surface area contributed by atoms with Crippen molar-refractivity contribution in [1.82, 2.24) is 10.2 Å². The van der Waals surface area contributed by atoms with Gasteiger partial charge in [-0.2, -0.15) is 0 Å². The number of nitrogens with zero attached hydrogens (tertiary/aromatic N) is 1. The highest BCUT2D eigenvalue weighted by atomic mass is 16.3. The van der Waals surface area contributed by atoms with Crippen molar-refractivity contribution in [2.75, 3.05) is 20.2 Å². The van der Waals surface area contributed by atoms with E-state index in [9.17, 15) is 9.90 Å². The molecule has 3 rings (SSSR count). The summed E-state index contributed by atoms with van der Waals surface area (Å²) < 4.78 is 0. The van der Waals surface area contributed by atoms with E-state index in [2.05, 4.69) is 22.3 Å². The first-order chi connectivity index (χ1) is 9.70. The summed E-state index contributed by atoms with van der Waals surface area (Å²) in [5.41, 5.74) is 2.35. The fraction of sp³-hybridized carbons (Fsp3) is 0.562. The van der Waals surface area contributed by atoms with Crippen molar-refractivity contribution in [2.24, 2.45) is 0 Å². The van der Waals surface area contributed by atoms with Gasteiger partial charge in [-0.15, -0.1) is 0 Å². The van der Waals surface area contributed by atoms with Gasteiger partial charge in [-0.05, 0) is 44.0 Å². The van der Waals surface area contributed by atoms with Crippen LogP contribution in [0, 0.1) is 0 Å². The second kappa shape index (κ2) is 5.54. The zero-order valence-corrected chi connectivity index (χ0v) is 11.9. The van der Waals surface area contributed by atoms with Gasteiger partial charge in [0.05, 0.1) is 18.7 Å². The van der Waals surface area contributed by atoms with Gasteiger partial charge in [-0.1, -0.05) is 24.3 Å². The van der Waals surface area contributed by atoms with Crippen LogP contribution in [0.5, 0.6) is 0 Å². The Bertz CT molecular complexity index is 503. The minimum Gasteiger partial charge on any atom is -0.396 e. The second-order valence-electron chi connectivity index (χ2n) is 5.94. The van der Waals surface area contributed by atoms with Crippen LogP contribution < -0.4 is 5.32 Å². The van der Waals surface area contributed by atoms with E-state index in [1.807, 2.05) is 19.2 Å². The molecule has 4 nitrogen and oxygen atoms in total. The Kier molecular flexibility index (Phi) is 3.76. The Labute approximate surface area is 119 Å². The molecule has 0 spiro atoms. The van der Waals surface area contributed by atoms with Gasteiger partial charge in [0, 0.05) is 5.92 Å². The van der Waals surface area contributed by atoms with Crippen molar-refractivity contribution >= 4 is 5.91 Å². The molecule has 20 heavy (non-hydrogen) atoms. The number of benzene rings is 1. The fourth-order valence-electron chi connectivity index (χ4n) is 3.56. The summed E-state index contributed by atoms with van der Waals surface area (Å²) in [5, 5.41) is 12.7.